The average molecular weight is 418 g/mol. The third kappa shape index (κ3) is 12.4. The van der Waals surface area contributed by atoms with Crippen molar-refractivity contribution in [2.75, 3.05) is 30.5 Å². The summed E-state index contributed by atoms with van der Waals surface area (Å²) in [6, 6.07) is 0. The Bertz CT molecular complexity index is 180. The summed E-state index contributed by atoms with van der Waals surface area (Å²) < 4.78 is 19.9. The molecule has 0 saturated heterocycles. The lowest BCUT2D eigenvalue weighted by Crippen LogP contribution is -2.13. The van der Waals surface area contributed by atoms with E-state index in [-0.39, 0.29) is 12.7 Å². The second-order valence-corrected chi connectivity index (χ2v) is 6.25. The third-order valence-corrected chi connectivity index (χ3v) is 3.61. The molecule has 0 rings (SSSR count). The van der Waals surface area contributed by atoms with Crippen LogP contribution in [0.5, 0.6) is 0 Å². The summed E-state index contributed by atoms with van der Waals surface area (Å²) in [7, 11) is -3.79. The lowest BCUT2D eigenvalue weighted by molar-refractivity contribution is 0.0996. The van der Waals surface area contributed by atoms with Crippen molar-refractivity contribution in [2.45, 2.75) is 13.0 Å². The molecule has 0 aromatic rings. The van der Waals surface area contributed by atoms with E-state index in [0.29, 0.717) is 23.9 Å². The molecule has 0 saturated carbocycles. The van der Waals surface area contributed by atoms with Crippen LogP contribution in [0.3, 0.4) is 0 Å². The molecule has 3 atom stereocenters. The number of rotatable bonds is 11. The number of halogens is 2. The average Bonchev–Trinajstić information content (AvgIpc) is 2.31. The summed E-state index contributed by atoms with van der Waals surface area (Å²) in [5.74, 6) is 0. The number of hydrogen-bond acceptors (Lipinski definition) is 6. The Kier molecular flexibility index (Phi) is 13.8. The van der Waals surface area contributed by atoms with Gasteiger partial charge in [-0.2, -0.15) is 0 Å². The first-order valence-electron chi connectivity index (χ1n) is 4.75. The summed E-state index contributed by atoms with van der Waals surface area (Å²) in [5.41, 5.74) is 0. The van der Waals surface area contributed by atoms with Crippen molar-refractivity contribution in [1.82, 2.24) is 0 Å². The summed E-state index contributed by atoms with van der Waals surface area (Å²) in [4.78, 5) is 18.6. The molecule has 0 heterocycles. The summed E-state index contributed by atoms with van der Waals surface area (Å²) in [6.07, 6.45) is -0.383. The maximum absolute atomic E-state index is 9.31. The Balaban J connectivity index is 3.53. The fourth-order valence-electron chi connectivity index (χ4n) is 0.646. The normalized spacial score (nSPS) is 16.8. The zero-order chi connectivity index (χ0) is 13.1. The van der Waals surface area contributed by atoms with E-state index in [1.54, 1.807) is 6.92 Å². The molecule has 0 aliphatic carbocycles. The quantitative estimate of drug-likeness (QED) is 0.397. The highest BCUT2D eigenvalue weighted by atomic mass is 79.9. The van der Waals surface area contributed by atoms with Gasteiger partial charge in [0, 0.05) is 10.7 Å². The standard InChI is InChI=1S/C7H16Br2O6P2/c1-7(15-17(11)13-5-3-9)6-14-16(10)12-4-2-8/h7,10-11H,2-6H2,1H3. The maximum Gasteiger partial charge on any atom is 0.330 e. The van der Waals surface area contributed by atoms with E-state index in [1.165, 1.54) is 0 Å². The fourth-order valence-corrected chi connectivity index (χ4v) is 2.81. The number of hydrogen-bond donors (Lipinski definition) is 2. The third-order valence-electron chi connectivity index (χ3n) is 1.25. The van der Waals surface area contributed by atoms with Gasteiger partial charge in [-0.25, -0.2) is 0 Å². The molecule has 0 aromatic heterocycles. The van der Waals surface area contributed by atoms with Crippen LogP contribution in [-0.2, 0) is 18.1 Å². The largest absolute Gasteiger partial charge is 0.330 e. The van der Waals surface area contributed by atoms with Gasteiger partial charge < -0.3 is 27.9 Å². The van der Waals surface area contributed by atoms with E-state index in [0.717, 1.165) is 0 Å². The van der Waals surface area contributed by atoms with Crippen LogP contribution in [0.4, 0.5) is 0 Å². The Labute approximate surface area is 120 Å². The molecule has 2 N–H and O–H groups in total. The molecule has 0 aliphatic rings. The molecule has 6 nitrogen and oxygen atoms in total. The molecular formula is C7H16Br2O6P2. The van der Waals surface area contributed by atoms with Crippen LogP contribution in [0.15, 0.2) is 0 Å². The van der Waals surface area contributed by atoms with Crippen LogP contribution in [0.1, 0.15) is 6.92 Å². The Morgan fingerprint density at radius 2 is 1.53 bits per heavy atom. The minimum atomic E-state index is -1.90. The van der Waals surface area contributed by atoms with Gasteiger partial charge in [0.2, 0.25) is 0 Å². The molecule has 0 aliphatic heterocycles. The lowest BCUT2D eigenvalue weighted by Gasteiger charge is -2.17. The van der Waals surface area contributed by atoms with Gasteiger partial charge in [0.25, 0.3) is 0 Å². The Morgan fingerprint density at radius 1 is 1.00 bits per heavy atom. The van der Waals surface area contributed by atoms with Gasteiger partial charge in [0.15, 0.2) is 0 Å². The van der Waals surface area contributed by atoms with E-state index >= 15 is 0 Å². The van der Waals surface area contributed by atoms with Crippen molar-refractivity contribution in [2.24, 2.45) is 0 Å². The molecule has 0 amide bonds. The molecule has 3 unspecified atom stereocenters. The first-order valence-corrected chi connectivity index (χ1v) is 9.26. The van der Waals surface area contributed by atoms with E-state index in [1.807, 2.05) is 0 Å². The second-order valence-electron chi connectivity index (χ2n) is 2.73. The molecule has 104 valence electrons. The molecule has 0 spiro atoms. The fraction of sp³-hybridized carbons (Fsp3) is 1.00. The predicted octanol–water partition coefficient (Wildman–Crippen LogP) is 2.67. The maximum atomic E-state index is 9.31. The predicted molar refractivity (Wildman–Crippen MR) is 74.3 cm³/mol. The minimum Gasteiger partial charge on any atom is -0.328 e. The summed E-state index contributed by atoms with van der Waals surface area (Å²) in [5, 5.41) is 1.26. The molecule has 10 heteroatoms. The highest BCUT2D eigenvalue weighted by molar-refractivity contribution is 9.09. The van der Waals surface area contributed by atoms with Crippen LogP contribution >= 0.6 is 49.1 Å². The van der Waals surface area contributed by atoms with Gasteiger partial charge in [0.1, 0.15) is 0 Å². The smallest absolute Gasteiger partial charge is 0.328 e. The van der Waals surface area contributed by atoms with Gasteiger partial charge in [-0.1, -0.05) is 31.9 Å². The van der Waals surface area contributed by atoms with E-state index in [4.69, 9.17) is 18.1 Å². The molecule has 0 bridgehead atoms. The molecule has 0 aromatic carbocycles. The minimum absolute atomic E-state index is 0.127. The Hall–Kier alpha value is 1.58. The summed E-state index contributed by atoms with van der Waals surface area (Å²) >= 11 is 6.32. The highest BCUT2D eigenvalue weighted by Gasteiger charge is 2.15. The van der Waals surface area contributed by atoms with Crippen molar-refractivity contribution in [3.63, 3.8) is 0 Å². The zero-order valence-corrected chi connectivity index (χ0v) is 14.3. The Morgan fingerprint density at radius 3 is 2.06 bits per heavy atom. The van der Waals surface area contributed by atoms with Crippen LogP contribution in [0, 0.1) is 0 Å². The van der Waals surface area contributed by atoms with Gasteiger partial charge in [-0.05, 0) is 6.92 Å². The monoisotopic (exact) mass is 416 g/mol. The highest BCUT2D eigenvalue weighted by Crippen LogP contribution is 2.37. The summed E-state index contributed by atoms with van der Waals surface area (Å²) in [6.45, 7) is 2.58. The van der Waals surface area contributed by atoms with E-state index in [2.05, 4.69) is 31.9 Å². The van der Waals surface area contributed by atoms with E-state index < -0.39 is 17.2 Å². The van der Waals surface area contributed by atoms with Crippen molar-refractivity contribution >= 4 is 49.1 Å². The first kappa shape index (κ1) is 18.6. The SMILES string of the molecule is CC(COP(O)OCCBr)OP(O)OCCBr. The van der Waals surface area contributed by atoms with Gasteiger partial charge in [0.05, 0.1) is 25.9 Å². The molecular weight excluding hydrogens is 402 g/mol. The van der Waals surface area contributed by atoms with Gasteiger partial charge in [-0.15, -0.1) is 0 Å². The molecule has 0 radical (unpaired) electrons. The van der Waals surface area contributed by atoms with Crippen LogP contribution in [0.2, 0.25) is 0 Å². The van der Waals surface area contributed by atoms with Crippen molar-refractivity contribution < 1.29 is 27.9 Å². The van der Waals surface area contributed by atoms with Crippen LogP contribution < -0.4 is 0 Å². The number of alkyl halides is 2. The van der Waals surface area contributed by atoms with Crippen molar-refractivity contribution in [1.29, 1.82) is 0 Å². The lowest BCUT2D eigenvalue weighted by atomic mass is 10.5. The van der Waals surface area contributed by atoms with Gasteiger partial charge >= 0.3 is 17.2 Å². The zero-order valence-electron chi connectivity index (χ0n) is 9.29. The molecule has 0 fully saturated rings. The second kappa shape index (κ2) is 12.6. The topological polar surface area (TPSA) is 77.4 Å². The van der Waals surface area contributed by atoms with Crippen LogP contribution in [0.25, 0.3) is 0 Å². The van der Waals surface area contributed by atoms with E-state index in [9.17, 15) is 9.79 Å². The first-order chi connectivity index (χ1) is 8.10. The van der Waals surface area contributed by atoms with Gasteiger partial charge in [-0.3, -0.25) is 0 Å². The van der Waals surface area contributed by atoms with Crippen molar-refractivity contribution in [3.8, 4) is 0 Å². The van der Waals surface area contributed by atoms with Crippen LogP contribution in [-0.4, -0.2) is 46.4 Å². The molecule has 17 heavy (non-hydrogen) atoms. The van der Waals surface area contributed by atoms with Crippen molar-refractivity contribution in [3.05, 3.63) is 0 Å².